The standard InChI is InChI=1S/C19H26O4/c1-23-18-11-9-15(8-7-14-5-3-2-4-6-14)13-16(18)17(20)10-12-19(21)22/h9,11,13-14H,2-8,10,12H2,1H3,(H,21,22). The minimum atomic E-state index is -0.953. The van der Waals surface area contributed by atoms with Crippen LogP contribution >= 0.6 is 0 Å². The van der Waals surface area contributed by atoms with E-state index in [1.54, 1.807) is 0 Å². The van der Waals surface area contributed by atoms with E-state index < -0.39 is 5.97 Å². The number of ether oxygens (including phenoxy) is 1. The highest BCUT2D eigenvalue weighted by molar-refractivity contribution is 6.00. The molecule has 4 heteroatoms. The molecule has 23 heavy (non-hydrogen) atoms. The van der Waals surface area contributed by atoms with Gasteiger partial charge in [0.1, 0.15) is 5.75 Å². The number of carbonyl (C=O) groups excluding carboxylic acids is 1. The summed E-state index contributed by atoms with van der Waals surface area (Å²) in [6, 6.07) is 5.71. The monoisotopic (exact) mass is 318 g/mol. The molecule has 1 aromatic carbocycles. The Morgan fingerprint density at radius 1 is 1.17 bits per heavy atom. The van der Waals surface area contributed by atoms with Gasteiger partial charge in [0.05, 0.1) is 19.1 Å². The van der Waals surface area contributed by atoms with Crippen LogP contribution in [0.3, 0.4) is 0 Å². The molecule has 0 aliphatic heterocycles. The minimum Gasteiger partial charge on any atom is -0.496 e. The Labute approximate surface area is 137 Å². The molecule has 0 saturated heterocycles. The van der Waals surface area contributed by atoms with Crippen molar-refractivity contribution in [3.63, 3.8) is 0 Å². The molecule has 1 aliphatic rings. The quantitative estimate of drug-likeness (QED) is 0.728. The second-order valence-corrected chi connectivity index (χ2v) is 6.39. The fraction of sp³-hybridized carbons (Fsp3) is 0.579. The summed E-state index contributed by atoms with van der Waals surface area (Å²) in [6.45, 7) is 0. The largest absolute Gasteiger partial charge is 0.496 e. The van der Waals surface area contributed by atoms with E-state index in [2.05, 4.69) is 0 Å². The van der Waals surface area contributed by atoms with Crippen LogP contribution in [0.25, 0.3) is 0 Å². The third-order valence-electron chi connectivity index (χ3n) is 4.70. The first-order chi connectivity index (χ1) is 11.1. The highest BCUT2D eigenvalue weighted by Gasteiger charge is 2.16. The van der Waals surface area contributed by atoms with Gasteiger partial charge in [0, 0.05) is 6.42 Å². The number of hydrogen-bond donors (Lipinski definition) is 1. The molecule has 0 atom stereocenters. The third-order valence-corrected chi connectivity index (χ3v) is 4.70. The van der Waals surface area contributed by atoms with E-state index in [0.29, 0.717) is 11.3 Å². The number of aliphatic carboxylic acids is 1. The van der Waals surface area contributed by atoms with Crippen molar-refractivity contribution >= 4 is 11.8 Å². The molecule has 2 rings (SSSR count). The number of carboxylic acid groups (broad SMARTS) is 1. The van der Waals surface area contributed by atoms with Gasteiger partial charge in [-0.05, 0) is 36.5 Å². The van der Waals surface area contributed by atoms with Gasteiger partial charge in [0.15, 0.2) is 5.78 Å². The van der Waals surface area contributed by atoms with Crippen LogP contribution < -0.4 is 4.74 Å². The van der Waals surface area contributed by atoms with E-state index in [0.717, 1.165) is 24.3 Å². The summed E-state index contributed by atoms with van der Waals surface area (Å²) >= 11 is 0. The number of carboxylic acids is 1. The maximum atomic E-state index is 12.2. The molecular weight excluding hydrogens is 292 g/mol. The normalized spacial score (nSPS) is 15.3. The van der Waals surface area contributed by atoms with Crippen molar-refractivity contribution in [3.05, 3.63) is 29.3 Å². The molecule has 0 bridgehead atoms. The van der Waals surface area contributed by atoms with Crippen molar-refractivity contribution in [2.45, 2.75) is 57.8 Å². The number of hydrogen-bond acceptors (Lipinski definition) is 3. The number of Topliss-reactive ketones (excluding diaryl/α,β-unsaturated/α-hetero) is 1. The second kappa shape index (κ2) is 8.70. The van der Waals surface area contributed by atoms with Crippen molar-refractivity contribution < 1.29 is 19.4 Å². The molecule has 0 amide bonds. The smallest absolute Gasteiger partial charge is 0.303 e. The number of carbonyl (C=O) groups is 2. The molecule has 0 spiro atoms. The topological polar surface area (TPSA) is 63.6 Å². The Morgan fingerprint density at radius 3 is 2.57 bits per heavy atom. The number of rotatable bonds is 8. The van der Waals surface area contributed by atoms with Crippen LogP contribution in [0.5, 0.6) is 5.75 Å². The van der Waals surface area contributed by atoms with Crippen LogP contribution in [0.4, 0.5) is 0 Å². The molecule has 1 N–H and O–H groups in total. The Balaban J connectivity index is 2.01. The van der Waals surface area contributed by atoms with E-state index in [1.807, 2.05) is 18.2 Å². The first kappa shape index (κ1) is 17.5. The molecule has 4 nitrogen and oxygen atoms in total. The van der Waals surface area contributed by atoms with Gasteiger partial charge in [-0.2, -0.15) is 0 Å². The molecule has 1 aliphatic carbocycles. The number of aryl methyl sites for hydroxylation is 1. The Bertz CT molecular complexity index is 544. The number of benzene rings is 1. The zero-order chi connectivity index (χ0) is 16.7. The number of methoxy groups -OCH3 is 1. The van der Waals surface area contributed by atoms with E-state index in [1.165, 1.54) is 39.2 Å². The van der Waals surface area contributed by atoms with E-state index >= 15 is 0 Å². The van der Waals surface area contributed by atoms with Crippen LogP contribution in [-0.4, -0.2) is 24.0 Å². The summed E-state index contributed by atoms with van der Waals surface area (Å²) < 4.78 is 5.25. The zero-order valence-corrected chi connectivity index (χ0v) is 13.8. The lowest BCUT2D eigenvalue weighted by molar-refractivity contribution is -0.136. The first-order valence-electron chi connectivity index (χ1n) is 8.52. The zero-order valence-electron chi connectivity index (χ0n) is 13.8. The Hall–Kier alpha value is -1.84. The molecule has 1 aromatic rings. The average molecular weight is 318 g/mol. The summed E-state index contributed by atoms with van der Waals surface area (Å²) in [5.74, 6) is 0.216. The summed E-state index contributed by atoms with van der Waals surface area (Å²) in [4.78, 5) is 22.9. The minimum absolute atomic E-state index is 0.0117. The van der Waals surface area contributed by atoms with E-state index in [9.17, 15) is 9.59 Å². The second-order valence-electron chi connectivity index (χ2n) is 6.39. The molecule has 0 aromatic heterocycles. The highest BCUT2D eigenvalue weighted by atomic mass is 16.5. The first-order valence-corrected chi connectivity index (χ1v) is 8.52. The van der Waals surface area contributed by atoms with Gasteiger partial charge in [0.2, 0.25) is 0 Å². The van der Waals surface area contributed by atoms with Gasteiger partial charge in [-0.25, -0.2) is 0 Å². The molecule has 1 fully saturated rings. The lowest BCUT2D eigenvalue weighted by Gasteiger charge is -2.21. The van der Waals surface area contributed by atoms with Crippen molar-refractivity contribution in [1.82, 2.24) is 0 Å². The van der Waals surface area contributed by atoms with Crippen LogP contribution in [0, 0.1) is 5.92 Å². The van der Waals surface area contributed by atoms with Crippen LogP contribution in [-0.2, 0) is 11.2 Å². The molecular formula is C19H26O4. The van der Waals surface area contributed by atoms with E-state index in [-0.39, 0.29) is 18.6 Å². The average Bonchev–Trinajstić information content (AvgIpc) is 2.58. The van der Waals surface area contributed by atoms with Gasteiger partial charge >= 0.3 is 5.97 Å². The molecule has 0 heterocycles. The summed E-state index contributed by atoms with van der Waals surface area (Å²) in [6.07, 6.45) is 8.68. The van der Waals surface area contributed by atoms with Crippen molar-refractivity contribution in [2.75, 3.05) is 7.11 Å². The maximum absolute atomic E-state index is 12.2. The predicted molar refractivity (Wildman–Crippen MR) is 89.1 cm³/mol. The molecule has 1 saturated carbocycles. The molecule has 0 radical (unpaired) electrons. The Kier molecular flexibility index (Phi) is 6.63. The molecule has 126 valence electrons. The van der Waals surface area contributed by atoms with Crippen molar-refractivity contribution in [1.29, 1.82) is 0 Å². The van der Waals surface area contributed by atoms with Gasteiger partial charge in [-0.3, -0.25) is 9.59 Å². The van der Waals surface area contributed by atoms with Gasteiger partial charge in [-0.15, -0.1) is 0 Å². The van der Waals surface area contributed by atoms with Crippen LogP contribution in [0.15, 0.2) is 18.2 Å². The maximum Gasteiger partial charge on any atom is 0.303 e. The van der Waals surface area contributed by atoms with Crippen molar-refractivity contribution in [2.24, 2.45) is 5.92 Å². The summed E-state index contributed by atoms with van der Waals surface area (Å²) in [5, 5.41) is 8.74. The van der Waals surface area contributed by atoms with Crippen molar-refractivity contribution in [3.8, 4) is 5.75 Å². The van der Waals surface area contributed by atoms with Gasteiger partial charge < -0.3 is 9.84 Å². The highest BCUT2D eigenvalue weighted by Crippen LogP contribution is 2.29. The van der Waals surface area contributed by atoms with Gasteiger partial charge in [0.25, 0.3) is 0 Å². The van der Waals surface area contributed by atoms with E-state index in [4.69, 9.17) is 9.84 Å². The Morgan fingerprint density at radius 2 is 1.91 bits per heavy atom. The lowest BCUT2D eigenvalue weighted by Crippen LogP contribution is -2.09. The van der Waals surface area contributed by atoms with Gasteiger partial charge in [-0.1, -0.05) is 38.2 Å². The third kappa shape index (κ3) is 5.38. The SMILES string of the molecule is COc1ccc(CCC2CCCCC2)cc1C(=O)CCC(=O)O. The predicted octanol–water partition coefficient (Wildman–Crippen LogP) is 4.26. The van der Waals surface area contributed by atoms with Crippen LogP contribution in [0.2, 0.25) is 0 Å². The fourth-order valence-electron chi connectivity index (χ4n) is 3.33. The summed E-state index contributed by atoms with van der Waals surface area (Å²) in [7, 11) is 1.53. The number of ketones is 1. The summed E-state index contributed by atoms with van der Waals surface area (Å²) in [5.41, 5.74) is 1.64. The fourth-order valence-corrected chi connectivity index (χ4v) is 3.33. The molecule has 0 unspecified atom stereocenters. The van der Waals surface area contributed by atoms with Crippen LogP contribution in [0.1, 0.15) is 67.3 Å². The lowest BCUT2D eigenvalue weighted by atomic mass is 9.85.